The van der Waals surface area contributed by atoms with Crippen LogP contribution >= 0.6 is 11.6 Å². The Labute approximate surface area is 117 Å². The second-order valence-electron chi connectivity index (χ2n) is 4.01. The van der Waals surface area contributed by atoms with Crippen LogP contribution in [-0.4, -0.2) is 14.5 Å². The van der Waals surface area contributed by atoms with Crippen LogP contribution in [0.5, 0.6) is 0 Å². The van der Waals surface area contributed by atoms with Crippen molar-refractivity contribution in [3.8, 4) is 0 Å². The van der Waals surface area contributed by atoms with Crippen molar-refractivity contribution >= 4 is 39.5 Å². The zero-order chi connectivity index (χ0) is 13.4. The smallest absolute Gasteiger partial charge is 0.327 e. The van der Waals surface area contributed by atoms with Crippen LogP contribution in [0.15, 0.2) is 52.5 Å². The Hall–Kier alpha value is -1.69. The molecule has 0 saturated heterocycles. The number of hydrogen-bond donors (Lipinski definition) is 2. The van der Waals surface area contributed by atoms with Gasteiger partial charge in [0, 0.05) is 5.02 Å². The highest BCUT2D eigenvalue weighted by molar-refractivity contribution is 7.91. The van der Waals surface area contributed by atoms with E-state index in [1.165, 1.54) is 0 Å². The number of nitrogens with zero attached hydrogens (tertiary/aromatic N) is 1. The van der Waals surface area contributed by atoms with Gasteiger partial charge in [-0.25, -0.2) is 0 Å². The average Bonchev–Trinajstić information content (AvgIpc) is 2.81. The average molecular weight is 292 g/mol. The highest BCUT2D eigenvalue weighted by atomic mass is 35.5. The second kappa shape index (κ2) is 4.77. The van der Waals surface area contributed by atoms with E-state index in [0.717, 1.165) is 5.52 Å². The minimum Gasteiger partial charge on any atom is -0.604 e. The van der Waals surface area contributed by atoms with Gasteiger partial charge in [0.05, 0.1) is 27.9 Å². The summed E-state index contributed by atoms with van der Waals surface area (Å²) < 4.78 is 12.4. The number of H-pyrrole nitrogens is 1. The summed E-state index contributed by atoms with van der Waals surface area (Å²) in [5.41, 5.74) is 7.79. The Balaban J connectivity index is 2.07. The number of aromatic amines is 1. The number of imidazole rings is 1. The fourth-order valence-electron chi connectivity index (χ4n) is 1.80. The Morgan fingerprint density at radius 1 is 1.21 bits per heavy atom. The van der Waals surface area contributed by atoms with Gasteiger partial charge in [0.25, 0.3) is 0 Å². The van der Waals surface area contributed by atoms with Crippen molar-refractivity contribution in [2.75, 3.05) is 5.73 Å². The van der Waals surface area contributed by atoms with E-state index in [0.29, 0.717) is 26.3 Å². The van der Waals surface area contributed by atoms with E-state index in [4.69, 9.17) is 17.3 Å². The Morgan fingerprint density at radius 2 is 2.00 bits per heavy atom. The Bertz CT molecular complexity index is 744. The molecule has 0 radical (unpaired) electrons. The van der Waals surface area contributed by atoms with Crippen LogP contribution in [0.4, 0.5) is 5.69 Å². The number of benzene rings is 2. The molecule has 0 fully saturated rings. The molecule has 1 heterocycles. The first-order chi connectivity index (χ1) is 9.15. The Morgan fingerprint density at radius 3 is 2.79 bits per heavy atom. The van der Waals surface area contributed by atoms with Gasteiger partial charge in [0.1, 0.15) is 0 Å². The summed E-state index contributed by atoms with van der Waals surface area (Å²) in [4.78, 5) is 7.87. The zero-order valence-corrected chi connectivity index (χ0v) is 11.3. The molecule has 0 aliphatic carbocycles. The molecule has 3 aromatic rings. The molecule has 0 aliphatic rings. The third-order valence-corrected chi connectivity index (χ3v) is 4.27. The predicted octanol–water partition coefficient (Wildman–Crippen LogP) is 2.97. The van der Waals surface area contributed by atoms with Gasteiger partial charge in [0.2, 0.25) is 0 Å². The van der Waals surface area contributed by atoms with Crippen molar-refractivity contribution in [1.29, 1.82) is 0 Å². The van der Waals surface area contributed by atoms with Crippen molar-refractivity contribution in [2.45, 2.75) is 10.1 Å². The quantitative estimate of drug-likeness (QED) is 0.563. The third kappa shape index (κ3) is 2.28. The molecule has 1 aromatic heterocycles. The van der Waals surface area contributed by atoms with Crippen LogP contribution in [0.3, 0.4) is 0 Å². The van der Waals surface area contributed by atoms with Gasteiger partial charge in [-0.05, 0) is 30.3 Å². The lowest BCUT2D eigenvalue weighted by molar-refractivity contribution is 0.588. The van der Waals surface area contributed by atoms with Crippen molar-refractivity contribution in [3.05, 3.63) is 47.5 Å². The molecule has 96 valence electrons. The standard InChI is InChI=1S/C13H10ClN3OS/c14-8-5-6-10-11(7-8)17-13(16-10)19(18)12-4-2-1-3-9(12)15/h1-7H,15H2,(H,16,17). The second-order valence-corrected chi connectivity index (χ2v) is 5.81. The number of hydrogen-bond acceptors (Lipinski definition) is 3. The van der Waals surface area contributed by atoms with Crippen molar-refractivity contribution in [2.24, 2.45) is 0 Å². The molecule has 1 atom stereocenters. The molecule has 6 heteroatoms. The third-order valence-electron chi connectivity index (χ3n) is 2.72. The summed E-state index contributed by atoms with van der Waals surface area (Å²) in [6.07, 6.45) is 0. The van der Waals surface area contributed by atoms with Crippen LogP contribution in [0.25, 0.3) is 11.0 Å². The van der Waals surface area contributed by atoms with Gasteiger partial charge in [-0.15, -0.1) is 0 Å². The molecule has 2 aromatic carbocycles. The Kier molecular flexibility index (Phi) is 3.10. The first-order valence-corrected chi connectivity index (χ1v) is 7.09. The van der Waals surface area contributed by atoms with Crippen LogP contribution in [0, 0.1) is 0 Å². The molecule has 0 spiro atoms. The van der Waals surface area contributed by atoms with Crippen molar-refractivity contribution < 1.29 is 4.55 Å². The largest absolute Gasteiger partial charge is 0.604 e. The molecule has 0 aliphatic heterocycles. The highest BCUT2D eigenvalue weighted by Crippen LogP contribution is 2.26. The topological polar surface area (TPSA) is 77.8 Å². The van der Waals surface area contributed by atoms with Crippen LogP contribution in [0.1, 0.15) is 0 Å². The summed E-state index contributed by atoms with van der Waals surface area (Å²) in [5, 5.41) is 0.964. The molecule has 3 N–H and O–H groups in total. The highest BCUT2D eigenvalue weighted by Gasteiger charge is 2.21. The first-order valence-electron chi connectivity index (χ1n) is 5.57. The summed E-state index contributed by atoms with van der Waals surface area (Å²) >= 11 is 4.47. The summed E-state index contributed by atoms with van der Waals surface area (Å²) in [6, 6.07) is 12.3. The fourth-order valence-corrected chi connectivity index (χ4v) is 3.04. The van der Waals surface area contributed by atoms with Crippen LogP contribution < -0.4 is 5.73 Å². The number of rotatable bonds is 2. The minimum absolute atomic E-state index is 0.371. The van der Waals surface area contributed by atoms with E-state index in [9.17, 15) is 4.55 Å². The van der Waals surface area contributed by atoms with Gasteiger partial charge < -0.3 is 10.3 Å². The molecule has 19 heavy (non-hydrogen) atoms. The van der Waals surface area contributed by atoms with E-state index in [-0.39, 0.29) is 0 Å². The number of nitrogen functional groups attached to an aromatic ring is 1. The lowest BCUT2D eigenvalue weighted by Crippen LogP contribution is -2.07. The van der Waals surface area contributed by atoms with E-state index in [1.807, 2.05) is 0 Å². The van der Waals surface area contributed by atoms with E-state index >= 15 is 0 Å². The maximum absolute atomic E-state index is 12.4. The van der Waals surface area contributed by atoms with Crippen molar-refractivity contribution in [3.63, 3.8) is 0 Å². The molecular weight excluding hydrogens is 282 g/mol. The van der Waals surface area contributed by atoms with Gasteiger partial charge in [0.15, 0.2) is 4.90 Å². The van der Waals surface area contributed by atoms with Gasteiger partial charge in [-0.1, -0.05) is 23.7 Å². The SMILES string of the molecule is Nc1ccccc1[S+]([O-])c1nc2cc(Cl)ccc2[nH]1. The maximum Gasteiger partial charge on any atom is 0.327 e. The van der Waals surface area contributed by atoms with Crippen molar-refractivity contribution in [1.82, 2.24) is 9.97 Å². The van der Waals surface area contributed by atoms with Gasteiger partial charge in [-0.2, -0.15) is 4.98 Å². The normalized spacial score (nSPS) is 12.7. The molecule has 3 rings (SSSR count). The summed E-state index contributed by atoms with van der Waals surface area (Å²) in [6.45, 7) is 0. The maximum atomic E-state index is 12.4. The number of para-hydroxylation sites is 1. The van der Waals surface area contributed by atoms with Crippen LogP contribution in [-0.2, 0) is 11.2 Å². The predicted molar refractivity (Wildman–Crippen MR) is 76.6 cm³/mol. The van der Waals surface area contributed by atoms with E-state index < -0.39 is 11.2 Å². The van der Waals surface area contributed by atoms with Gasteiger partial charge in [-0.3, -0.25) is 4.98 Å². The molecule has 4 nitrogen and oxygen atoms in total. The zero-order valence-electron chi connectivity index (χ0n) is 9.76. The number of aromatic nitrogens is 2. The van der Waals surface area contributed by atoms with Gasteiger partial charge >= 0.3 is 5.16 Å². The van der Waals surface area contributed by atoms with E-state index in [2.05, 4.69) is 9.97 Å². The molecule has 0 bridgehead atoms. The number of nitrogens with one attached hydrogen (secondary N) is 1. The number of halogens is 1. The monoisotopic (exact) mass is 291 g/mol. The van der Waals surface area contributed by atoms with Crippen LogP contribution in [0.2, 0.25) is 5.02 Å². The molecule has 1 unspecified atom stereocenters. The molecular formula is C13H10ClN3OS. The molecule has 0 saturated carbocycles. The fraction of sp³-hybridized carbons (Fsp3) is 0. The number of nitrogens with two attached hydrogens (primary N) is 1. The minimum atomic E-state index is -1.43. The lowest BCUT2D eigenvalue weighted by atomic mass is 10.3. The summed E-state index contributed by atoms with van der Waals surface area (Å²) in [7, 11) is 0. The molecule has 0 amide bonds. The number of fused-ring (bicyclic) bond motifs is 1. The first kappa shape index (κ1) is 12.3. The lowest BCUT2D eigenvalue weighted by Gasteiger charge is -2.07. The number of anilines is 1. The van der Waals surface area contributed by atoms with E-state index in [1.54, 1.807) is 42.5 Å². The summed E-state index contributed by atoms with van der Waals surface area (Å²) in [5.74, 6) is 0.